The summed E-state index contributed by atoms with van der Waals surface area (Å²) < 4.78 is 5.72. The Morgan fingerprint density at radius 1 is 1.13 bits per heavy atom. The lowest BCUT2D eigenvalue weighted by molar-refractivity contribution is -0.128. The van der Waals surface area contributed by atoms with Crippen LogP contribution in [-0.2, 0) is 16.1 Å². The van der Waals surface area contributed by atoms with E-state index in [9.17, 15) is 9.59 Å². The molecule has 2 aromatic carbocycles. The van der Waals surface area contributed by atoms with Crippen LogP contribution in [0, 0.1) is 12.8 Å². The molecule has 1 heterocycles. The average Bonchev–Trinajstić information content (AvgIpc) is 3.08. The molecule has 30 heavy (non-hydrogen) atoms. The number of hydrogen-bond donors (Lipinski definition) is 1. The molecule has 0 bridgehead atoms. The van der Waals surface area contributed by atoms with E-state index in [1.807, 2.05) is 69.6 Å². The molecule has 2 aromatic rings. The van der Waals surface area contributed by atoms with Crippen molar-refractivity contribution < 1.29 is 14.3 Å². The van der Waals surface area contributed by atoms with Crippen LogP contribution in [0.25, 0.3) is 0 Å². The Kier molecular flexibility index (Phi) is 7.46. The van der Waals surface area contributed by atoms with Gasteiger partial charge in [0, 0.05) is 31.7 Å². The minimum absolute atomic E-state index is 0.0252. The van der Waals surface area contributed by atoms with Crippen molar-refractivity contribution >= 4 is 17.5 Å². The van der Waals surface area contributed by atoms with Crippen LogP contribution in [0.3, 0.4) is 0 Å². The number of nitrogens with zero attached hydrogens (tertiary/aromatic N) is 2. The summed E-state index contributed by atoms with van der Waals surface area (Å²) in [6.07, 6.45) is 1.21. The van der Waals surface area contributed by atoms with Gasteiger partial charge in [0.05, 0.1) is 12.5 Å². The topological polar surface area (TPSA) is 61.9 Å². The summed E-state index contributed by atoms with van der Waals surface area (Å²) in [4.78, 5) is 28.9. The molecule has 1 aliphatic rings. The normalized spacial score (nSPS) is 16.2. The van der Waals surface area contributed by atoms with Gasteiger partial charge in [-0.1, -0.05) is 29.8 Å². The maximum atomic E-state index is 12.6. The molecule has 0 spiro atoms. The fourth-order valence-electron chi connectivity index (χ4n) is 3.46. The van der Waals surface area contributed by atoms with E-state index in [1.165, 1.54) is 5.56 Å². The molecule has 2 amide bonds. The van der Waals surface area contributed by atoms with Crippen molar-refractivity contribution in [2.45, 2.75) is 26.3 Å². The number of amides is 2. The second kappa shape index (κ2) is 10.3. The van der Waals surface area contributed by atoms with Crippen molar-refractivity contribution in [3.05, 3.63) is 59.7 Å². The van der Waals surface area contributed by atoms with E-state index >= 15 is 0 Å². The molecule has 3 rings (SSSR count). The van der Waals surface area contributed by atoms with Gasteiger partial charge >= 0.3 is 0 Å². The Hall–Kier alpha value is -2.86. The summed E-state index contributed by atoms with van der Waals surface area (Å²) in [7, 11) is 4.08. The molecule has 160 valence electrons. The second-order valence-electron chi connectivity index (χ2n) is 8.18. The lowest BCUT2D eigenvalue weighted by atomic mass is 10.1. The molecule has 6 heteroatoms. The van der Waals surface area contributed by atoms with Crippen LogP contribution < -0.4 is 10.1 Å². The van der Waals surface area contributed by atoms with Gasteiger partial charge in [0.25, 0.3) is 0 Å². The van der Waals surface area contributed by atoms with E-state index in [2.05, 4.69) is 10.2 Å². The minimum atomic E-state index is -0.329. The molecule has 1 aliphatic heterocycles. The summed E-state index contributed by atoms with van der Waals surface area (Å²) >= 11 is 0. The van der Waals surface area contributed by atoms with Crippen LogP contribution in [0.15, 0.2) is 48.5 Å². The van der Waals surface area contributed by atoms with Crippen LogP contribution in [0.1, 0.15) is 24.0 Å². The number of carbonyl (C=O) groups excluding carboxylic acids is 2. The van der Waals surface area contributed by atoms with E-state index in [0.717, 1.165) is 24.3 Å². The molecule has 1 saturated heterocycles. The first-order valence-electron chi connectivity index (χ1n) is 10.4. The highest BCUT2D eigenvalue weighted by molar-refractivity contribution is 5.97. The van der Waals surface area contributed by atoms with Gasteiger partial charge in [-0.3, -0.25) is 9.59 Å². The lowest BCUT2D eigenvalue weighted by Gasteiger charge is -2.17. The predicted octanol–water partition coefficient (Wildman–Crippen LogP) is 3.31. The molecular weight excluding hydrogens is 378 g/mol. The van der Waals surface area contributed by atoms with Gasteiger partial charge < -0.3 is 19.9 Å². The third-order valence-corrected chi connectivity index (χ3v) is 5.22. The van der Waals surface area contributed by atoms with Crippen molar-refractivity contribution in [3.63, 3.8) is 0 Å². The van der Waals surface area contributed by atoms with Gasteiger partial charge in [0.2, 0.25) is 11.8 Å². The fraction of sp³-hybridized carbons (Fsp3) is 0.417. The summed E-state index contributed by atoms with van der Waals surface area (Å²) in [5, 5.41) is 2.93. The van der Waals surface area contributed by atoms with Crippen molar-refractivity contribution in [1.82, 2.24) is 9.80 Å². The number of benzene rings is 2. The number of nitrogens with one attached hydrogen (secondary N) is 1. The van der Waals surface area contributed by atoms with Gasteiger partial charge in [0.15, 0.2) is 0 Å². The maximum absolute atomic E-state index is 12.6. The molecule has 1 unspecified atom stereocenters. The largest absolute Gasteiger partial charge is 0.494 e. The smallest absolute Gasteiger partial charge is 0.229 e. The van der Waals surface area contributed by atoms with Crippen LogP contribution >= 0.6 is 0 Å². The first-order chi connectivity index (χ1) is 14.4. The highest BCUT2D eigenvalue weighted by Gasteiger charge is 2.34. The quantitative estimate of drug-likeness (QED) is 0.646. The van der Waals surface area contributed by atoms with Gasteiger partial charge in [-0.25, -0.2) is 0 Å². The maximum Gasteiger partial charge on any atom is 0.229 e. The van der Waals surface area contributed by atoms with Gasteiger partial charge in [0.1, 0.15) is 5.75 Å². The van der Waals surface area contributed by atoms with Crippen LogP contribution in [0.5, 0.6) is 5.75 Å². The predicted molar refractivity (Wildman–Crippen MR) is 118 cm³/mol. The van der Waals surface area contributed by atoms with Crippen molar-refractivity contribution in [3.8, 4) is 5.75 Å². The van der Waals surface area contributed by atoms with Crippen LogP contribution in [0.2, 0.25) is 0 Å². The number of carbonyl (C=O) groups is 2. The van der Waals surface area contributed by atoms with E-state index in [4.69, 9.17) is 4.74 Å². The third kappa shape index (κ3) is 6.32. The number of likely N-dealkylation sites (tertiary alicyclic amines) is 1. The standard InChI is InChI=1S/C24H31N3O3/c1-18-5-7-19(8-6-18)16-27-17-20(15-23(27)28)24(29)25-21-9-11-22(12-10-21)30-14-4-13-26(2)3/h5-12,20H,4,13-17H2,1-3H3,(H,25,29). The summed E-state index contributed by atoms with van der Waals surface area (Å²) in [6.45, 7) is 4.67. The van der Waals surface area contributed by atoms with Crippen LogP contribution in [0.4, 0.5) is 5.69 Å². The van der Waals surface area contributed by atoms with E-state index < -0.39 is 0 Å². The SMILES string of the molecule is Cc1ccc(CN2CC(C(=O)Nc3ccc(OCCCN(C)C)cc3)CC2=O)cc1. The Labute approximate surface area is 178 Å². The van der Waals surface area contributed by atoms with Crippen LogP contribution in [-0.4, -0.2) is 55.4 Å². The minimum Gasteiger partial charge on any atom is -0.494 e. The van der Waals surface area contributed by atoms with E-state index in [1.54, 1.807) is 4.90 Å². The Morgan fingerprint density at radius 3 is 2.50 bits per heavy atom. The average molecular weight is 410 g/mol. The molecule has 0 aromatic heterocycles. The number of ether oxygens (including phenoxy) is 1. The summed E-state index contributed by atoms with van der Waals surface area (Å²) in [5.74, 6) is 0.364. The zero-order valence-corrected chi connectivity index (χ0v) is 18.1. The van der Waals surface area contributed by atoms with Crippen molar-refractivity contribution in [2.75, 3.05) is 39.1 Å². The lowest BCUT2D eigenvalue weighted by Crippen LogP contribution is -2.28. The zero-order valence-electron chi connectivity index (χ0n) is 18.1. The van der Waals surface area contributed by atoms with Gasteiger partial charge in [-0.15, -0.1) is 0 Å². The molecular formula is C24H31N3O3. The molecule has 6 nitrogen and oxygen atoms in total. The van der Waals surface area contributed by atoms with Crippen molar-refractivity contribution in [2.24, 2.45) is 5.92 Å². The van der Waals surface area contributed by atoms with E-state index in [0.29, 0.717) is 25.4 Å². The van der Waals surface area contributed by atoms with Crippen molar-refractivity contribution in [1.29, 1.82) is 0 Å². The molecule has 0 aliphatic carbocycles. The monoisotopic (exact) mass is 409 g/mol. The molecule has 0 saturated carbocycles. The molecule has 1 atom stereocenters. The number of hydrogen-bond acceptors (Lipinski definition) is 4. The number of aryl methyl sites for hydroxylation is 1. The van der Waals surface area contributed by atoms with E-state index in [-0.39, 0.29) is 24.2 Å². The highest BCUT2D eigenvalue weighted by atomic mass is 16.5. The Bertz CT molecular complexity index is 847. The fourth-order valence-corrected chi connectivity index (χ4v) is 3.46. The van der Waals surface area contributed by atoms with Gasteiger partial charge in [-0.2, -0.15) is 0 Å². The molecule has 1 N–H and O–H groups in total. The summed E-state index contributed by atoms with van der Waals surface area (Å²) in [6, 6.07) is 15.5. The second-order valence-corrected chi connectivity index (χ2v) is 8.18. The Morgan fingerprint density at radius 2 is 1.83 bits per heavy atom. The summed E-state index contributed by atoms with van der Waals surface area (Å²) in [5.41, 5.74) is 2.98. The first-order valence-corrected chi connectivity index (χ1v) is 10.4. The molecule has 1 fully saturated rings. The molecule has 0 radical (unpaired) electrons. The first kappa shape index (κ1) is 21.8. The number of rotatable bonds is 9. The highest BCUT2D eigenvalue weighted by Crippen LogP contribution is 2.23. The van der Waals surface area contributed by atoms with Gasteiger partial charge in [-0.05, 0) is 57.3 Å². The Balaban J connectivity index is 1.47. The zero-order chi connectivity index (χ0) is 21.5. The third-order valence-electron chi connectivity index (χ3n) is 5.22. The number of anilines is 1.